The highest BCUT2D eigenvalue weighted by Gasteiger charge is 2.33. The van der Waals surface area contributed by atoms with Gasteiger partial charge in [0.25, 0.3) is 0 Å². The van der Waals surface area contributed by atoms with E-state index in [-0.39, 0.29) is 36.6 Å². The Balaban J connectivity index is 1.27. The average Bonchev–Trinajstić information content (AvgIpc) is 3.66. The molecular formula is C46H60N10O3. The van der Waals surface area contributed by atoms with Crippen LogP contribution in [0.3, 0.4) is 0 Å². The summed E-state index contributed by atoms with van der Waals surface area (Å²) in [6, 6.07) is 17.3. The Kier molecular flexibility index (Phi) is 15.3. The van der Waals surface area contributed by atoms with E-state index in [1.807, 2.05) is 85.1 Å². The lowest BCUT2D eigenvalue weighted by Gasteiger charge is -2.32. The highest BCUT2D eigenvalue weighted by Crippen LogP contribution is 2.30. The minimum Gasteiger partial charge on any atom is -0.351 e. The van der Waals surface area contributed by atoms with Crippen LogP contribution < -0.4 is 21.7 Å². The number of nitrogens with two attached hydrogens (primary N) is 1. The zero-order chi connectivity index (χ0) is 41.7. The van der Waals surface area contributed by atoms with E-state index in [9.17, 15) is 14.4 Å². The van der Waals surface area contributed by atoms with Gasteiger partial charge < -0.3 is 21.7 Å². The van der Waals surface area contributed by atoms with Crippen molar-refractivity contribution in [3.63, 3.8) is 0 Å². The van der Waals surface area contributed by atoms with Crippen molar-refractivity contribution in [1.82, 2.24) is 45.5 Å². The summed E-state index contributed by atoms with van der Waals surface area (Å²) in [4.78, 5) is 55.6. The van der Waals surface area contributed by atoms with Gasteiger partial charge in [-0.25, -0.2) is 4.98 Å². The number of aromatic nitrogens is 6. The molecule has 5 N–H and O–H groups in total. The minimum absolute atomic E-state index is 0.0639. The molecule has 0 bridgehead atoms. The summed E-state index contributed by atoms with van der Waals surface area (Å²) in [6.07, 6.45) is 14.6. The highest BCUT2D eigenvalue weighted by molar-refractivity contribution is 5.88. The Hall–Kier alpha value is -5.56. The van der Waals surface area contributed by atoms with Crippen LogP contribution in [0.15, 0.2) is 85.5 Å². The molecule has 59 heavy (non-hydrogen) atoms. The van der Waals surface area contributed by atoms with Gasteiger partial charge in [-0.1, -0.05) is 102 Å². The average molecular weight is 801 g/mol. The van der Waals surface area contributed by atoms with E-state index in [0.29, 0.717) is 49.0 Å². The van der Waals surface area contributed by atoms with Gasteiger partial charge in [0.1, 0.15) is 17.8 Å². The van der Waals surface area contributed by atoms with Gasteiger partial charge >= 0.3 is 0 Å². The Bertz CT molecular complexity index is 2100. The SMILES string of the molecule is CC(C)Cc1nc(-c2ccccc2)cn2c([C@@H](Cc3cccnc3)C(=O)N[C@H](CC3CCCCC3)C(N)CC(=O)NC(CC(C)C)C(=O)NCc3ccccn3)nnc12. The molecule has 312 valence electrons. The molecule has 3 amide bonds. The van der Waals surface area contributed by atoms with Crippen LogP contribution in [-0.4, -0.2) is 65.4 Å². The number of carbonyl (C=O) groups excluding carboxylic acids is 3. The van der Waals surface area contributed by atoms with Gasteiger partial charge in [0.2, 0.25) is 17.7 Å². The van der Waals surface area contributed by atoms with Gasteiger partial charge in [0.05, 0.1) is 23.6 Å². The van der Waals surface area contributed by atoms with Gasteiger partial charge in [0.15, 0.2) is 5.65 Å². The van der Waals surface area contributed by atoms with E-state index < -0.39 is 24.0 Å². The van der Waals surface area contributed by atoms with Crippen LogP contribution in [0.1, 0.15) is 108 Å². The first kappa shape index (κ1) is 43.0. The standard InChI is InChI=1S/C46H60N10O3/c1-30(2)22-39-44-55-54-43(56(44)29-41(51-39)34-17-9-6-10-18-34)36(24-33-16-13-20-48-27-33)45(58)53-38(25-32-14-7-5-8-15-32)37(47)26-42(57)52-40(23-31(3)4)46(59)50-28-35-19-11-12-21-49-35/h6,9-13,16-21,27,29-32,36-38,40H,5,7-8,14-15,22-26,28,47H2,1-4H3,(H,50,59)(H,52,57)(H,53,58)/t36-,37?,38-,40?/m1/s1. The van der Waals surface area contributed by atoms with E-state index in [4.69, 9.17) is 15.8 Å². The molecule has 1 aromatic carbocycles. The molecule has 4 atom stereocenters. The normalized spacial score (nSPS) is 15.4. The summed E-state index contributed by atoms with van der Waals surface area (Å²) < 4.78 is 1.92. The zero-order valence-corrected chi connectivity index (χ0v) is 34.9. The Morgan fingerprint density at radius 1 is 0.847 bits per heavy atom. The molecule has 5 aromatic rings. The van der Waals surface area contributed by atoms with Crippen molar-refractivity contribution in [3.05, 3.63) is 108 Å². The first-order valence-corrected chi connectivity index (χ1v) is 21.3. The number of benzene rings is 1. The second kappa shape index (κ2) is 20.9. The molecular weight excluding hydrogens is 741 g/mol. The molecule has 1 aliphatic carbocycles. The second-order valence-corrected chi connectivity index (χ2v) is 16.9. The lowest BCUT2D eigenvalue weighted by atomic mass is 9.82. The molecule has 13 nitrogen and oxygen atoms in total. The smallest absolute Gasteiger partial charge is 0.242 e. The maximum atomic E-state index is 14.9. The Labute approximate surface area is 347 Å². The van der Waals surface area contributed by atoms with Crippen molar-refractivity contribution in [2.75, 3.05) is 0 Å². The fraction of sp³-hybridized carbons (Fsp3) is 0.478. The largest absolute Gasteiger partial charge is 0.351 e. The summed E-state index contributed by atoms with van der Waals surface area (Å²) in [6.45, 7) is 8.56. The summed E-state index contributed by atoms with van der Waals surface area (Å²) in [7, 11) is 0. The molecule has 0 saturated heterocycles. The highest BCUT2D eigenvalue weighted by atomic mass is 16.2. The molecule has 6 rings (SSSR count). The minimum atomic E-state index is -0.764. The number of nitrogens with zero attached hydrogens (tertiary/aromatic N) is 6. The van der Waals surface area contributed by atoms with Gasteiger partial charge in [0, 0.05) is 48.9 Å². The maximum Gasteiger partial charge on any atom is 0.242 e. The van der Waals surface area contributed by atoms with E-state index >= 15 is 0 Å². The summed E-state index contributed by atoms with van der Waals surface area (Å²) in [5.74, 6) is -0.325. The van der Waals surface area contributed by atoms with Gasteiger partial charge in [-0.15, -0.1) is 10.2 Å². The van der Waals surface area contributed by atoms with Crippen molar-refractivity contribution in [2.24, 2.45) is 23.5 Å². The topological polar surface area (TPSA) is 182 Å². The van der Waals surface area contributed by atoms with Crippen LogP contribution in [0, 0.1) is 17.8 Å². The molecule has 4 aromatic heterocycles. The molecule has 0 spiro atoms. The number of carbonyl (C=O) groups is 3. The van der Waals surface area contributed by atoms with Gasteiger partial charge in [-0.05, 0) is 67.2 Å². The Morgan fingerprint density at radius 3 is 2.32 bits per heavy atom. The van der Waals surface area contributed by atoms with Crippen LogP contribution in [0.5, 0.6) is 0 Å². The lowest BCUT2D eigenvalue weighted by Crippen LogP contribution is -2.53. The number of hydrogen-bond donors (Lipinski definition) is 4. The number of pyridine rings is 2. The molecule has 4 heterocycles. The van der Waals surface area contributed by atoms with Crippen molar-refractivity contribution < 1.29 is 14.4 Å². The molecule has 0 radical (unpaired) electrons. The third kappa shape index (κ3) is 12.2. The van der Waals surface area contributed by atoms with Crippen LogP contribution in [0.25, 0.3) is 16.9 Å². The van der Waals surface area contributed by atoms with E-state index in [1.54, 1.807) is 18.6 Å². The van der Waals surface area contributed by atoms with E-state index in [0.717, 1.165) is 53.9 Å². The number of nitrogens with one attached hydrogen (secondary N) is 3. The molecule has 1 fully saturated rings. The first-order valence-electron chi connectivity index (χ1n) is 21.3. The Morgan fingerprint density at radius 2 is 1.63 bits per heavy atom. The van der Waals surface area contributed by atoms with E-state index in [1.165, 1.54) is 6.42 Å². The number of fused-ring (bicyclic) bond motifs is 1. The van der Waals surface area contributed by atoms with E-state index in [2.05, 4.69) is 44.9 Å². The first-order chi connectivity index (χ1) is 28.5. The van der Waals surface area contributed by atoms with Crippen LogP contribution >= 0.6 is 0 Å². The number of hydrogen-bond acceptors (Lipinski definition) is 9. The number of rotatable bonds is 19. The van der Waals surface area contributed by atoms with Gasteiger partial charge in [-0.2, -0.15) is 0 Å². The summed E-state index contributed by atoms with van der Waals surface area (Å²) >= 11 is 0. The molecule has 2 unspecified atom stereocenters. The van der Waals surface area contributed by atoms with Crippen LogP contribution in [0.4, 0.5) is 0 Å². The second-order valence-electron chi connectivity index (χ2n) is 16.9. The van der Waals surface area contributed by atoms with Gasteiger partial charge in [-0.3, -0.25) is 28.8 Å². The predicted molar refractivity (Wildman–Crippen MR) is 229 cm³/mol. The van der Waals surface area contributed by atoms with Crippen molar-refractivity contribution in [1.29, 1.82) is 0 Å². The third-order valence-corrected chi connectivity index (χ3v) is 11.1. The third-order valence-electron chi connectivity index (χ3n) is 11.1. The van der Waals surface area contributed by atoms with Crippen molar-refractivity contribution >= 4 is 23.4 Å². The fourth-order valence-electron chi connectivity index (χ4n) is 8.06. The van der Waals surface area contributed by atoms with Crippen molar-refractivity contribution in [2.45, 2.75) is 122 Å². The fourth-order valence-corrected chi connectivity index (χ4v) is 8.06. The molecule has 13 heteroatoms. The van der Waals surface area contributed by atoms with Crippen LogP contribution in [0.2, 0.25) is 0 Å². The predicted octanol–water partition coefficient (Wildman–Crippen LogP) is 6.13. The lowest BCUT2D eigenvalue weighted by molar-refractivity contribution is -0.130. The summed E-state index contributed by atoms with van der Waals surface area (Å²) in [5, 5.41) is 18.5. The molecule has 1 aliphatic rings. The monoisotopic (exact) mass is 800 g/mol. The van der Waals surface area contributed by atoms with Crippen molar-refractivity contribution in [3.8, 4) is 11.3 Å². The maximum absolute atomic E-state index is 14.9. The quantitative estimate of drug-likeness (QED) is 0.0764. The summed E-state index contributed by atoms with van der Waals surface area (Å²) in [5.41, 5.74) is 11.7. The molecule has 1 saturated carbocycles. The van der Waals surface area contributed by atoms with Crippen LogP contribution in [-0.2, 0) is 33.8 Å². The number of amides is 3. The zero-order valence-electron chi connectivity index (χ0n) is 34.9. The molecule has 0 aliphatic heterocycles.